The molecule has 27 heavy (non-hydrogen) atoms. The van der Waals surface area contributed by atoms with Gasteiger partial charge in [0.05, 0.1) is 11.6 Å². The van der Waals surface area contributed by atoms with Crippen LogP contribution in [0.25, 0.3) is 10.9 Å². The maximum Gasteiger partial charge on any atom is 0.245 e. The van der Waals surface area contributed by atoms with E-state index in [0.717, 1.165) is 29.1 Å². The summed E-state index contributed by atoms with van der Waals surface area (Å²) in [6, 6.07) is 9.44. The van der Waals surface area contributed by atoms with Gasteiger partial charge in [-0.3, -0.25) is 4.98 Å². The van der Waals surface area contributed by atoms with Crippen LogP contribution in [-0.2, 0) is 10.0 Å². The molecule has 0 spiro atoms. The number of benzene rings is 2. The van der Waals surface area contributed by atoms with Gasteiger partial charge in [-0.25, -0.2) is 17.2 Å². The minimum atomic E-state index is -3.93. The highest BCUT2D eigenvalue weighted by molar-refractivity contribution is 7.89. The van der Waals surface area contributed by atoms with E-state index in [1.54, 1.807) is 18.3 Å². The number of hydrogen-bond donors (Lipinski definition) is 0. The van der Waals surface area contributed by atoms with Crippen LogP contribution in [-0.4, -0.2) is 24.3 Å². The summed E-state index contributed by atoms with van der Waals surface area (Å²) in [6.45, 7) is 2.07. The van der Waals surface area contributed by atoms with Crippen molar-refractivity contribution in [1.29, 1.82) is 0 Å². The van der Waals surface area contributed by atoms with Crippen molar-refractivity contribution in [2.75, 3.05) is 6.54 Å². The number of aromatic nitrogens is 1. The number of fused-ring (bicyclic) bond motifs is 1. The van der Waals surface area contributed by atoms with Crippen LogP contribution in [0.2, 0.25) is 0 Å². The summed E-state index contributed by atoms with van der Waals surface area (Å²) < 4.78 is 56.1. The third-order valence-electron chi connectivity index (χ3n) is 4.92. The second-order valence-corrected chi connectivity index (χ2v) is 8.64. The van der Waals surface area contributed by atoms with Crippen molar-refractivity contribution >= 4 is 20.9 Å². The van der Waals surface area contributed by atoms with E-state index in [0.29, 0.717) is 18.4 Å². The molecular formula is C20H18F2N2O2S. The molecule has 0 radical (unpaired) electrons. The fourth-order valence-corrected chi connectivity index (χ4v) is 5.66. The molecule has 140 valence electrons. The largest absolute Gasteiger partial charge is 0.255 e. The lowest BCUT2D eigenvalue weighted by Gasteiger charge is -2.25. The molecule has 3 aromatic rings. The van der Waals surface area contributed by atoms with Crippen molar-refractivity contribution in [3.8, 4) is 0 Å². The molecule has 1 saturated heterocycles. The first-order valence-corrected chi connectivity index (χ1v) is 10.1. The number of hydrogen-bond acceptors (Lipinski definition) is 3. The molecule has 0 amide bonds. The lowest BCUT2D eigenvalue weighted by molar-refractivity contribution is 0.385. The Morgan fingerprint density at radius 1 is 1.15 bits per heavy atom. The third kappa shape index (κ3) is 3.11. The SMILES string of the molecule is Cc1cc(S(=O)(=O)N2CCCC2c2cc(F)ccc2F)c2ncccc2c1. The molecule has 1 atom stereocenters. The molecular weight excluding hydrogens is 370 g/mol. The van der Waals surface area contributed by atoms with Crippen molar-refractivity contribution < 1.29 is 17.2 Å². The first-order valence-electron chi connectivity index (χ1n) is 8.70. The molecule has 1 aromatic heterocycles. The number of rotatable bonds is 3. The van der Waals surface area contributed by atoms with Crippen molar-refractivity contribution in [3.05, 3.63) is 71.4 Å². The average molecular weight is 388 g/mol. The molecule has 2 aromatic carbocycles. The van der Waals surface area contributed by atoms with Crippen LogP contribution in [0.15, 0.2) is 53.6 Å². The zero-order chi connectivity index (χ0) is 19.2. The number of aryl methyl sites for hydroxylation is 1. The Balaban J connectivity index is 1.86. The first kappa shape index (κ1) is 18.0. The van der Waals surface area contributed by atoms with Crippen LogP contribution in [0.1, 0.15) is 30.0 Å². The van der Waals surface area contributed by atoms with Gasteiger partial charge in [0.2, 0.25) is 10.0 Å². The fourth-order valence-electron chi connectivity index (χ4n) is 3.73. The third-order valence-corrected chi connectivity index (χ3v) is 6.84. The quantitative estimate of drug-likeness (QED) is 0.670. The molecule has 1 aliphatic rings. The summed E-state index contributed by atoms with van der Waals surface area (Å²) in [5.74, 6) is -1.19. The highest BCUT2D eigenvalue weighted by Gasteiger charge is 2.38. The fraction of sp³-hybridized carbons (Fsp3) is 0.250. The Labute approximate surface area is 156 Å². The van der Waals surface area contributed by atoms with E-state index >= 15 is 0 Å². The molecule has 0 bridgehead atoms. The van der Waals surface area contributed by atoms with Gasteiger partial charge in [0, 0.05) is 23.7 Å². The molecule has 4 rings (SSSR count). The van der Waals surface area contributed by atoms with Crippen LogP contribution in [0.4, 0.5) is 8.78 Å². The van der Waals surface area contributed by atoms with E-state index in [-0.39, 0.29) is 17.0 Å². The van der Waals surface area contributed by atoms with Crippen LogP contribution in [0, 0.1) is 18.6 Å². The molecule has 7 heteroatoms. The lowest BCUT2D eigenvalue weighted by atomic mass is 10.0. The predicted octanol–water partition coefficient (Wildman–Crippen LogP) is 4.35. The zero-order valence-electron chi connectivity index (χ0n) is 14.7. The Bertz CT molecular complexity index is 1130. The lowest BCUT2D eigenvalue weighted by Crippen LogP contribution is -2.31. The van der Waals surface area contributed by atoms with Gasteiger partial charge in [-0.1, -0.05) is 6.07 Å². The van der Waals surface area contributed by atoms with E-state index < -0.39 is 27.7 Å². The molecule has 0 N–H and O–H groups in total. The average Bonchev–Trinajstić information content (AvgIpc) is 3.13. The van der Waals surface area contributed by atoms with E-state index in [1.807, 2.05) is 19.1 Å². The number of pyridine rings is 1. The standard InChI is InChI=1S/C20H18F2N2O2S/c1-13-10-14-4-2-8-23-20(14)19(11-13)27(25,26)24-9-3-5-18(24)16-12-15(21)6-7-17(16)22/h2,4,6-8,10-12,18H,3,5,9H2,1H3. The topological polar surface area (TPSA) is 50.3 Å². The molecule has 1 unspecified atom stereocenters. The minimum Gasteiger partial charge on any atom is -0.255 e. The first-order chi connectivity index (χ1) is 12.9. The van der Waals surface area contributed by atoms with Crippen molar-refractivity contribution in [3.63, 3.8) is 0 Å². The van der Waals surface area contributed by atoms with Crippen molar-refractivity contribution in [2.45, 2.75) is 30.7 Å². The van der Waals surface area contributed by atoms with Crippen molar-refractivity contribution in [1.82, 2.24) is 9.29 Å². The van der Waals surface area contributed by atoms with Gasteiger partial charge in [-0.15, -0.1) is 0 Å². The Morgan fingerprint density at radius 2 is 1.96 bits per heavy atom. The summed E-state index contributed by atoms with van der Waals surface area (Å²) in [5.41, 5.74) is 1.25. The highest BCUT2D eigenvalue weighted by Crippen LogP contribution is 2.39. The molecule has 0 aliphatic carbocycles. The Hall–Kier alpha value is -2.38. The minimum absolute atomic E-state index is 0.0704. The van der Waals surface area contributed by atoms with Gasteiger partial charge in [0.15, 0.2) is 0 Å². The summed E-state index contributed by atoms with van der Waals surface area (Å²) in [5, 5.41) is 0.726. The van der Waals surface area contributed by atoms with Gasteiger partial charge in [-0.05, 0) is 61.7 Å². The molecule has 0 saturated carbocycles. The normalized spacial score (nSPS) is 18.3. The monoisotopic (exact) mass is 388 g/mol. The smallest absolute Gasteiger partial charge is 0.245 e. The molecule has 4 nitrogen and oxygen atoms in total. The van der Waals surface area contributed by atoms with E-state index in [1.165, 1.54) is 4.31 Å². The van der Waals surface area contributed by atoms with Gasteiger partial charge < -0.3 is 0 Å². The number of halogens is 2. The molecule has 1 fully saturated rings. The van der Waals surface area contributed by atoms with Crippen LogP contribution in [0.3, 0.4) is 0 Å². The van der Waals surface area contributed by atoms with Crippen LogP contribution in [0.5, 0.6) is 0 Å². The van der Waals surface area contributed by atoms with Crippen molar-refractivity contribution in [2.24, 2.45) is 0 Å². The van der Waals surface area contributed by atoms with E-state index in [9.17, 15) is 17.2 Å². The highest BCUT2D eigenvalue weighted by atomic mass is 32.2. The number of sulfonamides is 1. The zero-order valence-corrected chi connectivity index (χ0v) is 15.5. The predicted molar refractivity (Wildman–Crippen MR) is 98.7 cm³/mol. The Morgan fingerprint density at radius 3 is 2.78 bits per heavy atom. The second-order valence-electron chi connectivity index (χ2n) is 6.78. The second kappa shape index (κ2) is 6.65. The summed E-state index contributed by atoms with van der Waals surface area (Å²) in [4.78, 5) is 4.35. The molecule has 2 heterocycles. The van der Waals surface area contributed by atoms with Gasteiger partial charge in [0.25, 0.3) is 0 Å². The van der Waals surface area contributed by atoms with Crippen LogP contribution < -0.4 is 0 Å². The summed E-state index contributed by atoms with van der Waals surface area (Å²) in [7, 11) is -3.93. The van der Waals surface area contributed by atoms with Gasteiger partial charge in [-0.2, -0.15) is 4.31 Å². The summed E-state index contributed by atoms with van der Waals surface area (Å²) >= 11 is 0. The van der Waals surface area contributed by atoms with E-state index in [4.69, 9.17) is 0 Å². The van der Waals surface area contributed by atoms with Gasteiger partial charge >= 0.3 is 0 Å². The Kier molecular flexibility index (Phi) is 4.44. The van der Waals surface area contributed by atoms with E-state index in [2.05, 4.69) is 4.98 Å². The van der Waals surface area contributed by atoms with Gasteiger partial charge in [0.1, 0.15) is 16.5 Å². The van der Waals surface area contributed by atoms with Crippen LogP contribution >= 0.6 is 0 Å². The maximum absolute atomic E-state index is 14.3. The number of nitrogens with zero attached hydrogens (tertiary/aromatic N) is 2. The maximum atomic E-state index is 14.3. The summed E-state index contributed by atoms with van der Waals surface area (Å²) in [6.07, 6.45) is 2.57. The molecule has 1 aliphatic heterocycles.